The fraction of sp³-hybridized carbons (Fsp3) is 0.353. The number of rotatable bonds is 6. The second-order valence-electron chi connectivity index (χ2n) is 5.07. The van der Waals surface area contributed by atoms with Gasteiger partial charge in [0.1, 0.15) is 6.04 Å². The van der Waals surface area contributed by atoms with Crippen LogP contribution in [0.1, 0.15) is 22.6 Å². The molecule has 154 valence electrons. The molecule has 2 rings (SSSR count). The highest BCUT2D eigenvalue weighted by Crippen LogP contribution is 2.08. The molecule has 0 aliphatic rings. The highest BCUT2D eigenvalue weighted by atomic mass is 16.2. The van der Waals surface area contributed by atoms with Gasteiger partial charge in [-0.15, -0.1) is 5.10 Å². The van der Waals surface area contributed by atoms with Crippen LogP contribution in [0.2, 0.25) is 0 Å². The minimum atomic E-state index is -1.07. The fourth-order valence-electron chi connectivity index (χ4n) is 2.08. The third-order valence-electron chi connectivity index (χ3n) is 3.26. The van der Waals surface area contributed by atoms with E-state index < -0.39 is 23.8 Å². The fourth-order valence-corrected chi connectivity index (χ4v) is 2.08. The Hall–Kier alpha value is -3.31. The van der Waals surface area contributed by atoms with Crippen molar-refractivity contribution < 1.29 is 14.4 Å². The van der Waals surface area contributed by atoms with Gasteiger partial charge in [-0.25, -0.2) is 0 Å². The van der Waals surface area contributed by atoms with Crippen molar-refractivity contribution in [2.45, 2.75) is 19.4 Å². The van der Waals surface area contributed by atoms with Crippen LogP contribution in [0.3, 0.4) is 0 Å². The van der Waals surface area contributed by atoms with E-state index in [0.29, 0.717) is 11.4 Å². The Morgan fingerprint density at radius 3 is 2.14 bits per heavy atom. The van der Waals surface area contributed by atoms with Crippen LogP contribution in [0.15, 0.2) is 30.3 Å². The third-order valence-corrected chi connectivity index (χ3v) is 3.26. The summed E-state index contributed by atoms with van der Waals surface area (Å²) in [6, 6.07) is 8.01. The lowest BCUT2D eigenvalue weighted by Gasteiger charge is -2.14. The van der Waals surface area contributed by atoms with E-state index in [4.69, 9.17) is 5.73 Å². The molecular formula is C17H28N8O3. The number of para-hydroxylation sites is 1. The van der Waals surface area contributed by atoms with Gasteiger partial charge < -0.3 is 27.8 Å². The van der Waals surface area contributed by atoms with Crippen molar-refractivity contribution in [2.75, 3.05) is 21.1 Å². The van der Waals surface area contributed by atoms with Gasteiger partial charge in [0.05, 0.1) is 17.8 Å². The first-order valence-electron chi connectivity index (χ1n) is 8.38. The van der Waals surface area contributed by atoms with E-state index in [0.717, 1.165) is 0 Å². The quantitative estimate of drug-likeness (QED) is 0.393. The van der Waals surface area contributed by atoms with Gasteiger partial charge in [0.2, 0.25) is 11.8 Å². The van der Waals surface area contributed by atoms with Crippen molar-refractivity contribution >= 4 is 17.7 Å². The SMILES string of the molecule is CN.CN.CNC(=O)[C@H](CC(N)=O)NC(=O)c1nn(-c2ccccc2)nc1C. The molecule has 11 nitrogen and oxygen atoms in total. The molecule has 0 aliphatic carbocycles. The Labute approximate surface area is 163 Å². The molecule has 0 bridgehead atoms. The van der Waals surface area contributed by atoms with Crippen molar-refractivity contribution in [3.8, 4) is 5.69 Å². The molecule has 0 unspecified atom stereocenters. The smallest absolute Gasteiger partial charge is 0.274 e. The summed E-state index contributed by atoms with van der Waals surface area (Å²) in [4.78, 5) is 36.5. The zero-order valence-corrected chi connectivity index (χ0v) is 16.5. The maximum absolute atomic E-state index is 12.4. The Kier molecular flexibility index (Phi) is 11.4. The van der Waals surface area contributed by atoms with Gasteiger partial charge in [-0.2, -0.15) is 9.90 Å². The van der Waals surface area contributed by atoms with E-state index in [1.54, 1.807) is 19.1 Å². The normalized spacial score (nSPS) is 10.4. The van der Waals surface area contributed by atoms with Gasteiger partial charge in [0, 0.05) is 7.05 Å². The molecule has 11 heteroatoms. The van der Waals surface area contributed by atoms with E-state index in [1.165, 1.54) is 25.9 Å². The lowest BCUT2D eigenvalue weighted by atomic mass is 10.1. The van der Waals surface area contributed by atoms with Gasteiger partial charge in [-0.05, 0) is 33.2 Å². The van der Waals surface area contributed by atoms with Gasteiger partial charge in [-0.3, -0.25) is 14.4 Å². The van der Waals surface area contributed by atoms with Crippen molar-refractivity contribution in [1.82, 2.24) is 25.6 Å². The molecule has 3 amide bonds. The molecule has 0 fully saturated rings. The summed E-state index contributed by atoms with van der Waals surface area (Å²) in [5, 5.41) is 13.2. The zero-order chi connectivity index (χ0) is 21.7. The molecule has 1 heterocycles. The van der Waals surface area contributed by atoms with Crippen LogP contribution in [0.25, 0.3) is 5.69 Å². The second-order valence-corrected chi connectivity index (χ2v) is 5.07. The first-order chi connectivity index (χ1) is 13.4. The van der Waals surface area contributed by atoms with Crippen molar-refractivity contribution in [1.29, 1.82) is 0 Å². The Balaban J connectivity index is 0.00000171. The van der Waals surface area contributed by atoms with Crippen LogP contribution in [0.5, 0.6) is 0 Å². The van der Waals surface area contributed by atoms with E-state index in [1.807, 2.05) is 18.2 Å². The Morgan fingerprint density at radius 2 is 1.64 bits per heavy atom. The summed E-state index contributed by atoms with van der Waals surface area (Å²) in [5.74, 6) is -1.83. The third kappa shape index (κ3) is 7.13. The number of carbonyl (C=O) groups excluding carboxylic acids is 3. The maximum atomic E-state index is 12.4. The number of likely N-dealkylation sites (N-methyl/N-ethyl adjacent to an activating group) is 1. The van der Waals surface area contributed by atoms with Gasteiger partial charge in [-0.1, -0.05) is 18.2 Å². The molecule has 0 saturated carbocycles. The summed E-state index contributed by atoms with van der Waals surface area (Å²) >= 11 is 0. The number of benzene rings is 1. The molecule has 28 heavy (non-hydrogen) atoms. The standard InChI is InChI=1S/C15H18N6O3.2CH5N/c1-9-13(20-21(19-9)10-6-4-3-5-7-10)15(24)18-11(8-12(16)22)14(23)17-2;2*1-2/h3-7,11H,8H2,1-2H3,(H2,16,22)(H,17,23)(H,18,24);2*2H2,1H3/t11-;;/m0../s1. The Bertz CT molecular complexity index is 761. The van der Waals surface area contributed by atoms with Crippen LogP contribution < -0.4 is 27.8 Å². The number of aromatic nitrogens is 3. The maximum Gasteiger partial charge on any atom is 0.274 e. The number of nitrogens with one attached hydrogen (secondary N) is 2. The summed E-state index contributed by atoms with van der Waals surface area (Å²) in [7, 11) is 4.40. The average Bonchev–Trinajstić information content (AvgIpc) is 3.12. The molecular weight excluding hydrogens is 364 g/mol. The summed E-state index contributed by atoms with van der Waals surface area (Å²) in [6.07, 6.45) is -0.308. The predicted molar refractivity (Wildman–Crippen MR) is 105 cm³/mol. The monoisotopic (exact) mass is 392 g/mol. The molecule has 1 aromatic heterocycles. The predicted octanol–water partition coefficient (Wildman–Crippen LogP) is -1.55. The number of primary amides is 1. The zero-order valence-electron chi connectivity index (χ0n) is 16.5. The molecule has 1 aromatic carbocycles. The topological polar surface area (TPSA) is 184 Å². The highest BCUT2D eigenvalue weighted by molar-refractivity contribution is 5.98. The van der Waals surface area contributed by atoms with E-state index in [2.05, 4.69) is 32.3 Å². The van der Waals surface area contributed by atoms with Crippen LogP contribution in [0.4, 0.5) is 0 Å². The first-order valence-corrected chi connectivity index (χ1v) is 8.38. The lowest BCUT2D eigenvalue weighted by Crippen LogP contribution is -2.47. The summed E-state index contributed by atoms with van der Waals surface area (Å²) in [6.45, 7) is 1.63. The minimum absolute atomic E-state index is 0.0669. The van der Waals surface area contributed by atoms with Crippen LogP contribution in [-0.2, 0) is 9.59 Å². The molecule has 0 radical (unpaired) electrons. The lowest BCUT2D eigenvalue weighted by molar-refractivity contribution is -0.126. The van der Waals surface area contributed by atoms with Gasteiger partial charge >= 0.3 is 0 Å². The van der Waals surface area contributed by atoms with Crippen molar-refractivity contribution in [3.63, 3.8) is 0 Å². The first kappa shape index (κ1) is 24.7. The van der Waals surface area contributed by atoms with Crippen LogP contribution in [0, 0.1) is 6.92 Å². The van der Waals surface area contributed by atoms with Crippen LogP contribution in [-0.4, -0.2) is 59.9 Å². The molecule has 0 saturated heterocycles. The van der Waals surface area contributed by atoms with E-state index >= 15 is 0 Å². The number of nitrogens with zero attached hydrogens (tertiary/aromatic N) is 3. The largest absolute Gasteiger partial charge is 0.370 e. The number of nitrogens with two attached hydrogens (primary N) is 3. The van der Waals surface area contributed by atoms with Crippen LogP contribution >= 0.6 is 0 Å². The highest BCUT2D eigenvalue weighted by Gasteiger charge is 2.25. The second kappa shape index (κ2) is 12.9. The molecule has 1 atom stereocenters. The summed E-state index contributed by atoms with van der Waals surface area (Å²) in [5.41, 5.74) is 15.3. The number of aryl methyl sites for hydroxylation is 1. The number of hydrogen-bond donors (Lipinski definition) is 5. The molecule has 0 spiro atoms. The Morgan fingerprint density at radius 1 is 1.07 bits per heavy atom. The number of hydrogen-bond acceptors (Lipinski definition) is 7. The van der Waals surface area contributed by atoms with E-state index in [9.17, 15) is 14.4 Å². The number of carbonyl (C=O) groups is 3. The molecule has 0 aliphatic heterocycles. The van der Waals surface area contributed by atoms with Crippen molar-refractivity contribution in [2.24, 2.45) is 17.2 Å². The van der Waals surface area contributed by atoms with E-state index in [-0.39, 0.29) is 12.1 Å². The average molecular weight is 392 g/mol. The molecule has 8 N–H and O–H groups in total. The summed E-state index contributed by atoms with van der Waals surface area (Å²) < 4.78 is 0. The van der Waals surface area contributed by atoms with Crippen molar-refractivity contribution in [3.05, 3.63) is 41.7 Å². The number of amides is 3. The van der Waals surface area contributed by atoms with Gasteiger partial charge in [0.15, 0.2) is 5.69 Å². The molecule has 2 aromatic rings. The minimum Gasteiger partial charge on any atom is -0.370 e. The van der Waals surface area contributed by atoms with Gasteiger partial charge in [0.25, 0.3) is 5.91 Å².